The van der Waals surface area contributed by atoms with E-state index < -0.39 is 0 Å². The maximum Gasteiger partial charge on any atom is 0.150 e. The molecule has 0 saturated heterocycles. The van der Waals surface area contributed by atoms with E-state index in [0.717, 1.165) is 34.1 Å². The number of aromatic nitrogens is 1. The molecule has 2 rings (SSSR count). The molecule has 1 aromatic carbocycles. The third kappa shape index (κ3) is 2.01. The molecule has 0 N–H and O–H groups in total. The number of rotatable bonds is 2. The molecule has 2 heteroatoms. The van der Waals surface area contributed by atoms with Gasteiger partial charge in [-0.05, 0) is 42.7 Å². The molecule has 0 fully saturated rings. The third-order valence-electron chi connectivity index (χ3n) is 2.61. The molecule has 0 amide bonds. The summed E-state index contributed by atoms with van der Waals surface area (Å²) < 4.78 is 0. The van der Waals surface area contributed by atoms with E-state index in [-0.39, 0.29) is 0 Å². The van der Waals surface area contributed by atoms with Crippen molar-refractivity contribution in [3.63, 3.8) is 0 Å². The predicted molar refractivity (Wildman–Crippen MR) is 64.5 cm³/mol. The van der Waals surface area contributed by atoms with Crippen molar-refractivity contribution in [2.45, 2.75) is 13.8 Å². The van der Waals surface area contributed by atoms with Crippen LogP contribution in [0.2, 0.25) is 0 Å². The first-order chi connectivity index (χ1) is 7.70. The van der Waals surface area contributed by atoms with Crippen LogP contribution < -0.4 is 0 Å². The van der Waals surface area contributed by atoms with Crippen LogP contribution in [0.5, 0.6) is 0 Å². The molecule has 80 valence electrons. The first-order valence-electron chi connectivity index (χ1n) is 5.18. The number of carbonyl (C=O) groups excluding carboxylic acids is 1. The van der Waals surface area contributed by atoms with E-state index in [1.807, 2.05) is 44.4 Å². The van der Waals surface area contributed by atoms with Gasteiger partial charge in [0.1, 0.15) is 6.29 Å². The maximum absolute atomic E-state index is 10.9. The molecule has 0 atom stereocenters. The normalized spacial score (nSPS) is 10.1. The number of nitrogens with zero attached hydrogens (tertiary/aromatic N) is 1. The molecule has 0 aliphatic rings. The van der Waals surface area contributed by atoms with Gasteiger partial charge in [-0.25, -0.2) is 0 Å². The Hall–Kier alpha value is -1.96. The van der Waals surface area contributed by atoms with Gasteiger partial charge in [-0.2, -0.15) is 0 Å². The Balaban J connectivity index is 2.52. The fraction of sp³-hybridized carbons (Fsp3) is 0.143. The van der Waals surface area contributed by atoms with E-state index in [4.69, 9.17) is 0 Å². The Morgan fingerprint density at radius 3 is 2.56 bits per heavy atom. The second kappa shape index (κ2) is 4.27. The van der Waals surface area contributed by atoms with Crippen molar-refractivity contribution in [3.05, 3.63) is 53.3 Å². The Labute approximate surface area is 95.0 Å². The number of hydrogen-bond acceptors (Lipinski definition) is 2. The van der Waals surface area contributed by atoms with E-state index in [1.54, 1.807) is 0 Å². The molecule has 0 spiro atoms. The van der Waals surface area contributed by atoms with Gasteiger partial charge < -0.3 is 0 Å². The van der Waals surface area contributed by atoms with Gasteiger partial charge >= 0.3 is 0 Å². The quantitative estimate of drug-likeness (QED) is 0.714. The zero-order valence-electron chi connectivity index (χ0n) is 9.40. The fourth-order valence-electron chi connectivity index (χ4n) is 1.66. The summed E-state index contributed by atoms with van der Waals surface area (Å²) >= 11 is 0. The minimum Gasteiger partial charge on any atom is -0.298 e. The average molecular weight is 211 g/mol. The van der Waals surface area contributed by atoms with Crippen LogP contribution in [0.3, 0.4) is 0 Å². The van der Waals surface area contributed by atoms with Crippen molar-refractivity contribution >= 4 is 6.29 Å². The summed E-state index contributed by atoms with van der Waals surface area (Å²) in [5, 5.41) is 0. The summed E-state index contributed by atoms with van der Waals surface area (Å²) in [5.41, 5.74) is 4.93. The van der Waals surface area contributed by atoms with Gasteiger partial charge in [0.15, 0.2) is 0 Å². The van der Waals surface area contributed by atoms with Gasteiger partial charge in [-0.15, -0.1) is 0 Å². The van der Waals surface area contributed by atoms with Crippen molar-refractivity contribution in [3.8, 4) is 11.1 Å². The maximum atomic E-state index is 10.9. The lowest BCUT2D eigenvalue weighted by atomic mass is 10.0. The van der Waals surface area contributed by atoms with E-state index in [2.05, 4.69) is 11.1 Å². The summed E-state index contributed by atoms with van der Waals surface area (Å²) in [6.45, 7) is 3.94. The molecule has 1 aromatic heterocycles. The molecule has 0 radical (unpaired) electrons. The van der Waals surface area contributed by atoms with Crippen LogP contribution in [0.15, 0.2) is 36.7 Å². The fourth-order valence-corrected chi connectivity index (χ4v) is 1.66. The van der Waals surface area contributed by atoms with Crippen molar-refractivity contribution in [2.75, 3.05) is 0 Å². The van der Waals surface area contributed by atoms with E-state index in [1.165, 1.54) is 0 Å². The smallest absolute Gasteiger partial charge is 0.150 e. The van der Waals surface area contributed by atoms with Crippen LogP contribution in [-0.2, 0) is 0 Å². The summed E-state index contributed by atoms with van der Waals surface area (Å²) in [4.78, 5) is 15.0. The van der Waals surface area contributed by atoms with Crippen molar-refractivity contribution < 1.29 is 4.79 Å². The van der Waals surface area contributed by atoms with Gasteiger partial charge in [-0.3, -0.25) is 9.78 Å². The molecule has 1 heterocycles. The Morgan fingerprint density at radius 1 is 1.06 bits per heavy atom. The molecule has 0 aliphatic heterocycles. The van der Waals surface area contributed by atoms with Crippen molar-refractivity contribution in [1.29, 1.82) is 0 Å². The highest BCUT2D eigenvalue weighted by molar-refractivity contribution is 5.80. The van der Waals surface area contributed by atoms with Gasteiger partial charge in [0.05, 0.1) is 0 Å². The van der Waals surface area contributed by atoms with Crippen LogP contribution in [-0.4, -0.2) is 11.3 Å². The zero-order valence-corrected chi connectivity index (χ0v) is 9.40. The topological polar surface area (TPSA) is 30.0 Å². The van der Waals surface area contributed by atoms with Crippen molar-refractivity contribution in [1.82, 2.24) is 4.98 Å². The molecule has 2 nitrogen and oxygen atoms in total. The van der Waals surface area contributed by atoms with Gasteiger partial charge in [0.2, 0.25) is 0 Å². The number of carbonyl (C=O) groups is 1. The highest BCUT2D eigenvalue weighted by Crippen LogP contribution is 2.21. The first-order valence-corrected chi connectivity index (χ1v) is 5.18. The summed E-state index contributed by atoms with van der Waals surface area (Å²) in [6, 6.07) is 7.94. The summed E-state index contributed by atoms with van der Waals surface area (Å²) in [5.74, 6) is 0. The van der Waals surface area contributed by atoms with Crippen LogP contribution in [0.1, 0.15) is 21.5 Å². The lowest BCUT2D eigenvalue weighted by Crippen LogP contribution is -1.88. The highest BCUT2D eigenvalue weighted by atomic mass is 16.1. The van der Waals surface area contributed by atoms with Gasteiger partial charge in [-0.1, -0.05) is 12.1 Å². The monoisotopic (exact) mass is 211 g/mol. The van der Waals surface area contributed by atoms with Crippen LogP contribution in [0, 0.1) is 13.8 Å². The number of aryl methyl sites for hydroxylation is 2. The first kappa shape index (κ1) is 10.6. The van der Waals surface area contributed by atoms with Crippen LogP contribution >= 0.6 is 0 Å². The standard InChI is InChI=1S/C14H13NO/c1-10-5-13(8-15-7-10)12-4-3-11(2)14(6-12)9-16/h3-9H,1-2H3. The summed E-state index contributed by atoms with van der Waals surface area (Å²) in [7, 11) is 0. The number of benzene rings is 1. The molecule has 2 aromatic rings. The second-order valence-electron chi connectivity index (χ2n) is 3.94. The molecule has 0 aliphatic carbocycles. The predicted octanol–water partition coefficient (Wildman–Crippen LogP) is 3.18. The largest absolute Gasteiger partial charge is 0.298 e. The highest BCUT2D eigenvalue weighted by Gasteiger charge is 2.02. The average Bonchev–Trinajstić information content (AvgIpc) is 2.29. The molecule has 0 unspecified atom stereocenters. The summed E-state index contributed by atoms with van der Waals surface area (Å²) in [6.07, 6.45) is 4.52. The van der Waals surface area contributed by atoms with E-state index in [9.17, 15) is 4.79 Å². The molecule has 0 saturated carbocycles. The molecular formula is C14H13NO. The third-order valence-corrected chi connectivity index (χ3v) is 2.61. The Kier molecular flexibility index (Phi) is 2.82. The van der Waals surface area contributed by atoms with Gasteiger partial charge in [0, 0.05) is 23.5 Å². The number of pyridine rings is 1. The molecular weight excluding hydrogens is 198 g/mol. The second-order valence-corrected chi connectivity index (χ2v) is 3.94. The SMILES string of the molecule is Cc1cncc(-c2ccc(C)c(C=O)c2)c1. The number of aldehydes is 1. The Bertz CT molecular complexity index is 532. The molecule has 0 bridgehead atoms. The zero-order chi connectivity index (χ0) is 11.5. The van der Waals surface area contributed by atoms with Crippen molar-refractivity contribution in [2.24, 2.45) is 0 Å². The van der Waals surface area contributed by atoms with E-state index in [0.29, 0.717) is 0 Å². The minimum absolute atomic E-state index is 0.735. The Morgan fingerprint density at radius 2 is 1.88 bits per heavy atom. The van der Waals surface area contributed by atoms with E-state index >= 15 is 0 Å². The van der Waals surface area contributed by atoms with Crippen LogP contribution in [0.4, 0.5) is 0 Å². The number of hydrogen-bond donors (Lipinski definition) is 0. The lowest BCUT2D eigenvalue weighted by Gasteiger charge is -2.05. The van der Waals surface area contributed by atoms with Crippen LogP contribution in [0.25, 0.3) is 11.1 Å². The lowest BCUT2D eigenvalue weighted by molar-refractivity contribution is 0.112. The minimum atomic E-state index is 0.735. The van der Waals surface area contributed by atoms with Gasteiger partial charge in [0.25, 0.3) is 0 Å². The molecule has 16 heavy (non-hydrogen) atoms.